The molecule has 0 spiro atoms. The van der Waals surface area contributed by atoms with E-state index in [0.717, 1.165) is 19.3 Å². The largest absolute Gasteiger partial charge is 0.717 e. The van der Waals surface area contributed by atoms with Crippen LogP contribution >= 0.6 is 0 Å². The zero-order valence-electron chi connectivity index (χ0n) is 12.6. The van der Waals surface area contributed by atoms with E-state index in [0.29, 0.717) is 24.3 Å². The molecule has 2 fully saturated rings. The first-order valence-corrected chi connectivity index (χ1v) is 7.72. The summed E-state index contributed by atoms with van der Waals surface area (Å²) in [7, 11) is 2.11. The highest BCUT2D eigenvalue weighted by molar-refractivity contribution is 5.89. The van der Waals surface area contributed by atoms with Gasteiger partial charge in [-0.2, -0.15) is 0 Å². The van der Waals surface area contributed by atoms with Gasteiger partial charge in [0.1, 0.15) is 6.10 Å². The molecule has 2 bridgehead atoms. The lowest BCUT2D eigenvalue weighted by Gasteiger charge is -2.42. The zero-order valence-corrected chi connectivity index (χ0v) is 12.6. The standard InChI is InChI=1S/C17H21NO4/c1-18-13-7-8-15(18)14(10-21-11-19)16(9-13)22-17(20)12-5-3-2-4-6-12/h2-6,13-16,21H,7-10H2,1H3. The molecule has 4 unspecified atom stereocenters. The summed E-state index contributed by atoms with van der Waals surface area (Å²) in [6, 6.07) is 9.80. The topological polar surface area (TPSA) is 59.4 Å². The molecule has 1 aromatic rings. The van der Waals surface area contributed by atoms with E-state index in [1.165, 1.54) is 0 Å². The molecule has 0 aromatic heterocycles. The molecule has 2 aliphatic rings. The van der Waals surface area contributed by atoms with Gasteiger partial charge in [-0.25, -0.2) is 9.59 Å². The molecule has 5 heteroatoms. The van der Waals surface area contributed by atoms with Crippen LogP contribution in [0.2, 0.25) is 0 Å². The predicted octanol–water partition coefficient (Wildman–Crippen LogP) is 1.29. The fourth-order valence-corrected chi connectivity index (χ4v) is 3.83. The molecular formula is C17H21NO4. The highest BCUT2D eigenvalue weighted by atomic mass is 16.6. The van der Waals surface area contributed by atoms with Crippen molar-refractivity contribution in [2.24, 2.45) is 5.92 Å². The van der Waals surface area contributed by atoms with Crippen LogP contribution in [0.5, 0.6) is 0 Å². The van der Waals surface area contributed by atoms with E-state index in [-0.39, 0.29) is 18.0 Å². The summed E-state index contributed by atoms with van der Waals surface area (Å²) >= 11 is 0. The van der Waals surface area contributed by atoms with Crippen molar-refractivity contribution >= 4 is 12.4 Å². The second kappa shape index (κ2) is 6.48. The number of benzene rings is 1. The van der Waals surface area contributed by atoms with Gasteiger partial charge in [0.05, 0.1) is 18.1 Å². The van der Waals surface area contributed by atoms with Crippen LogP contribution in [0.1, 0.15) is 29.6 Å². The number of nitrogens with zero attached hydrogens (tertiary/aromatic N) is 1. The third-order valence-electron chi connectivity index (χ3n) is 5.01. The van der Waals surface area contributed by atoms with E-state index in [4.69, 9.17) is 4.74 Å². The van der Waals surface area contributed by atoms with Gasteiger partial charge >= 0.3 is 5.97 Å². The summed E-state index contributed by atoms with van der Waals surface area (Å²) in [4.78, 5) is 25.1. The SMILES string of the molecule is CN1C2CCC1C(C[OH+][C-]=O)C(OC(=O)c1ccccc1)C2. The molecule has 0 aliphatic carbocycles. The Morgan fingerprint density at radius 1 is 1.36 bits per heavy atom. The highest BCUT2D eigenvalue weighted by Crippen LogP contribution is 2.39. The minimum Gasteiger partial charge on any atom is -0.717 e. The summed E-state index contributed by atoms with van der Waals surface area (Å²) in [6.07, 6.45) is 2.81. The average Bonchev–Trinajstić information content (AvgIpc) is 2.79. The van der Waals surface area contributed by atoms with Crippen LogP contribution < -0.4 is 0 Å². The lowest BCUT2D eigenvalue weighted by atomic mass is 9.88. The van der Waals surface area contributed by atoms with Crippen molar-refractivity contribution in [3.8, 4) is 0 Å². The van der Waals surface area contributed by atoms with Crippen LogP contribution in [0.15, 0.2) is 30.3 Å². The molecule has 2 heterocycles. The first-order valence-electron chi connectivity index (χ1n) is 7.72. The molecule has 118 valence electrons. The molecule has 1 N–H and O–H groups in total. The van der Waals surface area contributed by atoms with Crippen molar-refractivity contribution in [3.05, 3.63) is 35.9 Å². The predicted molar refractivity (Wildman–Crippen MR) is 81.1 cm³/mol. The maximum absolute atomic E-state index is 12.3. The minimum absolute atomic E-state index is 0.0675. The van der Waals surface area contributed by atoms with Gasteiger partial charge in [-0.05, 0) is 32.0 Å². The molecule has 22 heavy (non-hydrogen) atoms. The number of carbonyl (C=O) groups excluding carboxylic acids is 1. The molecule has 0 radical (unpaired) electrons. The van der Waals surface area contributed by atoms with E-state index < -0.39 is 0 Å². The molecule has 2 aliphatic heterocycles. The van der Waals surface area contributed by atoms with Crippen LogP contribution in [-0.4, -0.2) is 53.9 Å². The number of carbonyl (C=O) groups is 1. The van der Waals surface area contributed by atoms with Crippen molar-refractivity contribution in [2.75, 3.05) is 13.7 Å². The van der Waals surface area contributed by atoms with Gasteiger partial charge in [0.2, 0.25) is 6.47 Å². The normalized spacial score (nSPS) is 30.8. The third kappa shape index (κ3) is 2.86. The Morgan fingerprint density at radius 3 is 2.86 bits per heavy atom. The van der Waals surface area contributed by atoms with Crippen LogP contribution in [0.3, 0.4) is 0 Å². The Morgan fingerprint density at radius 2 is 2.14 bits per heavy atom. The second-order valence-corrected chi connectivity index (χ2v) is 6.11. The van der Waals surface area contributed by atoms with Gasteiger partial charge in [0.25, 0.3) is 0 Å². The van der Waals surface area contributed by atoms with Crippen molar-refractivity contribution in [3.63, 3.8) is 0 Å². The molecule has 1 aromatic carbocycles. The maximum Gasteiger partial charge on any atom is 0.338 e. The van der Waals surface area contributed by atoms with Gasteiger partial charge in [-0.1, -0.05) is 18.2 Å². The molecule has 0 amide bonds. The van der Waals surface area contributed by atoms with Crippen LogP contribution in [0.4, 0.5) is 0 Å². The van der Waals surface area contributed by atoms with E-state index >= 15 is 0 Å². The lowest BCUT2D eigenvalue weighted by molar-refractivity contribution is -0.0693. The number of aliphatic hydroxyl groups is 1. The summed E-state index contributed by atoms with van der Waals surface area (Å²) < 4.78 is 9.51. The van der Waals surface area contributed by atoms with Crippen molar-refractivity contribution in [2.45, 2.75) is 37.5 Å². The summed E-state index contributed by atoms with van der Waals surface area (Å²) in [6.45, 7) is 1.98. The number of rotatable bonds is 5. The fourth-order valence-electron chi connectivity index (χ4n) is 3.83. The Hall–Kier alpha value is -1.88. The number of hydrogen-bond donors (Lipinski definition) is 0. The average molecular weight is 303 g/mol. The Labute approximate surface area is 130 Å². The van der Waals surface area contributed by atoms with Gasteiger partial charge in [0.15, 0.2) is 0 Å². The summed E-state index contributed by atoms with van der Waals surface area (Å²) in [5, 5.41) is 0. The second-order valence-electron chi connectivity index (χ2n) is 6.11. The quantitative estimate of drug-likeness (QED) is 0.467. The van der Waals surface area contributed by atoms with Crippen molar-refractivity contribution < 1.29 is 19.1 Å². The van der Waals surface area contributed by atoms with Crippen LogP contribution in [0.25, 0.3) is 0 Å². The summed E-state index contributed by atoms with van der Waals surface area (Å²) in [5.41, 5.74) is 0.561. The lowest BCUT2D eigenvalue weighted by Crippen LogP contribution is -2.52. The van der Waals surface area contributed by atoms with E-state index in [9.17, 15) is 9.59 Å². The first-order chi connectivity index (χ1) is 10.7. The van der Waals surface area contributed by atoms with Gasteiger partial charge in [0, 0.05) is 18.5 Å². The van der Waals surface area contributed by atoms with Crippen molar-refractivity contribution in [1.82, 2.24) is 4.90 Å². The fraction of sp³-hybridized carbons (Fsp3) is 0.529. The van der Waals surface area contributed by atoms with E-state index in [1.54, 1.807) is 18.6 Å². The van der Waals surface area contributed by atoms with E-state index in [2.05, 4.69) is 16.7 Å². The number of fused-ring (bicyclic) bond motifs is 2. The van der Waals surface area contributed by atoms with Crippen molar-refractivity contribution in [1.29, 1.82) is 0 Å². The molecule has 2 saturated heterocycles. The number of piperidine rings is 1. The third-order valence-corrected chi connectivity index (χ3v) is 5.01. The number of ether oxygens (including phenoxy) is 2. The Bertz CT molecular complexity index is 533. The first kappa shape index (κ1) is 15.0. The highest BCUT2D eigenvalue weighted by Gasteiger charge is 2.47. The molecule has 0 saturated carbocycles. The number of esters is 1. The molecular weight excluding hydrogens is 282 g/mol. The van der Waals surface area contributed by atoms with E-state index in [1.807, 2.05) is 18.2 Å². The Balaban J connectivity index is 1.73. The van der Waals surface area contributed by atoms with Gasteiger partial charge in [-0.3, -0.25) is 4.90 Å². The Kier molecular flexibility index (Phi) is 4.43. The van der Waals surface area contributed by atoms with Gasteiger partial charge < -0.3 is 9.47 Å². The van der Waals surface area contributed by atoms with Crippen LogP contribution in [-0.2, 0) is 9.53 Å². The minimum atomic E-state index is -0.297. The van der Waals surface area contributed by atoms with Gasteiger partial charge in [-0.15, -0.1) is 0 Å². The molecule has 5 nitrogen and oxygen atoms in total. The monoisotopic (exact) mass is 303 g/mol. The maximum atomic E-state index is 12.3. The molecule has 4 atom stereocenters. The smallest absolute Gasteiger partial charge is 0.338 e. The van der Waals surface area contributed by atoms with Crippen LogP contribution in [0, 0.1) is 5.92 Å². The molecule has 3 rings (SSSR count). The number of hydrogen-bond acceptors (Lipinski definition) is 4. The zero-order chi connectivity index (χ0) is 15.5. The summed E-state index contributed by atoms with van der Waals surface area (Å²) in [5.74, 6) is -0.229.